The number of ether oxygens (including phenoxy) is 1. The van der Waals surface area contributed by atoms with Gasteiger partial charge in [0, 0.05) is 112 Å². The predicted octanol–water partition coefficient (Wildman–Crippen LogP) is 33.7. The number of amides is 2. The summed E-state index contributed by atoms with van der Waals surface area (Å²) in [5.74, 6) is -0.732. The van der Waals surface area contributed by atoms with Crippen molar-refractivity contribution in [3.63, 3.8) is 0 Å². The third kappa shape index (κ3) is 21.8. The molecule has 0 unspecified atom stereocenters. The maximum atomic E-state index is 14.9. The summed E-state index contributed by atoms with van der Waals surface area (Å²) in [5, 5.41) is 6.27. The Labute approximate surface area is 829 Å². The number of hydrogen-bond acceptors (Lipinski definition) is 8. The van der Waals surface area contributed by atoms with Gasteiger partial charge in [0.25, 0.3) is 11.8 Å². The van der Waals surface area contributed by atoms with Crippen LogP contribution in [0.2, 0.25) is 0 Å². The summed E-state index contributed by atoms with van der Waals surface area (Å²) in [6.45, 7) is 15.7. The average Bonchev–Trinajstić information content (AvgIpc) is 1.62. The standard InChI is InChI=1S/C127H127N11O3/c1-8-15-21-27-83-33-45-89(46-34-83)118-100-65-69-104(130-100)120(91-49-37-85(38-50-91)29-23-17-10-3)108-73-77-112(134-108)124(113-78-74-109(135-113)121(105-70-66-101(118)131-105)92-51-39-86(40-52-92)30-24-18-11-4)95-57-61-97(62-58-95)128-126(139)116-81-99(141-14-7)82-117(138-116)127(140)129-98-63-59-96(60-64-98)125-114-79-75-110(136-114)122(93-53-41-87(42-54-93)31-25-19-12-5)106-71-67-102(132-106)119(90-47-35-84(36-48-90)28-22-16-9-2)103-68-72-107(133-103)123(111-76-80-115(125)137-111)94-55-43-88(44-56-94)32-26-20-13-6/h33-82,130,132,135,137H,8-32H2,1-7H3,(H,128,139)(H,129,140). The van der Waals surface area contributed by atoms with Crippen molar-refractivity contribution in [1.82, 2.24) is 44.9 Å². The Morgan fingerprint density at radius 1 is 0.227 bits per heavy atom. The van der Waals surface area contributed by atoms with Gasteiger partial charge >= 0.3 is 0 Å². The van der Waals surface area contributed by atoms with Crippen molar-refractivity contribution >= 4 is 116 Å². The van der Waals surface area contributed by atoms with Crippen LogP contribution in [-0.2, 0) is 38.5 Å². The monoisotopic (exact) mass is 1850 g/mol. The molecule has 708 valence electrons. The zero-order chi connectivity index (χ0) is 96.5. The summed E-state index contributed by atoms with van der Waals surface area (Å²) in [4.78, 5) is 73.2. The van der Waals surface area contributed by atoms with Crippen molar-refractivity contribution in [2.24, 2.45) is 0 Å². The van der Waals surface area contributed by atoms with Crippen molar-refractivity contribution in [3.8, 4) is 94.8 Å². The van der Waals surface area contributed by atoms with E-state index < -0.39 is 11.8 Å². The van der Waals surface area contributed by atoms with E-state index in [9.17, 15) is 9.59 Å². The second-order valence-corrected chi connectivity index (χ2v) is 38.0. The summed E-state index contributed by atoms with van der Waals surface area (Å²) in [6, 6.07) is 90.6. The molecular weight excluding hydrogens is 1730 g/mol. The maximum absolute atomic E-state index is 14.9. The van der Waals surface area contributed by atoms with E-state index in [4.69, 9.17) is 29.7 Å². The molecule has 11 heterocycles. The fourth-order valence-electron chi connectivity index (χ4n) is 20.2. The number of rotatable bonds is 38. The summed E-state index contributed by atoms with van der Waals surface area (Å²) < 4.78 is 6.12. The minimum absolute atomic E-state index is 0.00114. The zero-order valence-electron chi connectivity index (χ0n) is 82.5. The van der Waals surface area contributed by atoms with E-state index >= 15 is 0 Å². The number of benzene rings is 8. The maximum Gasteiger partial charge on any atom is 0.274 e. The number of fused-ring (bicyclic) bond motifs is 16. The third-order valence-corrected chi connectivity index (χ3v) is 27.8. The van der Waals surface area contributed by atoms with Crippen LogP contribution in [0.3, 0.4) is 0 Å². The molecule has 0 saturated heterocycles. The highest BCUT2D eigenvalue weighted by molar-refractivity contribution is 6.08. The lowest BCUT2D eigenvalue weighted by Crippen LogP contribution is -2.19. The van der Waals surface area contributed by atoms with Crippen molar-refractivity contribution in [2.75, 3.05) is 17.2 Å². The zero-order valence-corrected chi connectivity index (χ0v) is 82.5. The summed E-state index contributed by atoms with van der Waals surface area (Å²) in [5.41, 5.74) is 38.5. The second-order valence-electron chi connectivity index (χ2n) is 38.0. The van der Waals surface area contributed by atoms with E-state index in [0.29, 0.717) is 17.1 Å². The van der Waals surface area contributed by atoms with Crippen LogP contribution >= 0.6 is 0 Å². The quantitative estimate of drug-likeness (QED) is 0.0206. The van der Waals surface area contributed by atoms with Gasteiger partial charge in [0.15, 0.2) is 0 Å². The second kappa shape index (κ2) is 44.8. The number of nitrogens with zero attached hydrogens (tertiary/aromatic N) is 5. The molecular formula is C127H127N11O3. The minimum Gasteiger partial charge on any atom is -0.494 e. The summed E-state index contributed by atoms with van der Waals surface area (Å²) in [7, 11) is 0. The van der Waals surface area contributed by atoms with Crippen molar-refractivity contribution in [3.05, 3.63) is 345 Å². The Bertz CT molecular complexity index is 6990. The lowest BCUT2D eigenvalue weighted by molar-refractivity contribution is 0.101. The van der Waals surface area contributed by atoms with Crippen molar-refractivity contribution < 1.29 is 14.3 Å². The van der Waals surface area contributed by atoms with E-state index in [2.05, 4.69) is 315 Å². The first kappa shape index (κ1) is 94.8. The summed E-state index contributed by atoms with van der Waals surface area (Å²) >= 11 is 0. The molecule has 15 aromatic rings. The Kier molecular flexibility index (Phi) is 30.1. The number of aromatic nitrogens is 9. The SMILES string of the molecule is CCCCCc1ccc(-c2c3nc(c(-c4ccc(CCCCC)cc4)c4ccc([nH]4)c(-c4ccc(NC(=O)c5cc(OCC)cc(C(=O)Nc6ccc(-c7c8nc(c(-c9ccc(CCCCC)cc9)c9ccc([nH]9)c(-c9ccc(CCCCC)cc9)c9nc(c(-c%10ccc(CCCCC)cc%10)c%10ccc7[nH]%10)C=C9)C=C8)cc6)n5)cc4)c4nc(c(-c5ccc(CCCCC)cc5)c5ccc2[nH]5)C=C4)C=C3)cc1. The molecule has 19 rings (SSSR count). The van der Waals surface area contributed by atoms with Crippen molar-refractivity contribution in [2.45, 2.75) is 203 Å². The highest BCUT2D eigenvalue weighted by Crippen LogP contribution is 2.44. The molecule has 16 bridgehead atoms. The fraction of sp³-hybridized carbons (Fsp3) is 0.252. The Morgan fingerprint density at radius 3 is 0.574 bits per heavy atom. The molecule has 4 aliphatic rings. The summed E-state index contributed by atoms with van der Waals surface area (Å²) in [6.07, 6.45) is 44.4. The number of pyridine rings is 1. The number of carbonyl (C=O) groups is 2. The first-order chi connectivity index (χ1) is 69.3. The highest BCUT2D eigenvalue weighted by atomic mass is 16.5. The molecule has 14 nitrogen and oxygen atoms in total. The van der Waals surface area contributed by atoms with Gasteiger partial charge < -0.3 is 35.3 Å². The topological polar surface area (TPSA) is 195 Å². The number of nitrogens with one attached hydrogen (secondary N) is 6. The van der Waals surface area contributed by atoms with Crippen LogP contribution in [0.1, 0.15) is 264 Å². The van der Waals surface area contributed by atoms with E-state index in [1.165, 1.54) is 84.7 Å². The molecule has 4 aliphatic heterocycles. The van der Waals surface area contributed by atoms with Gasteiger partial charge in [-0.1, -0.05) is 288 Å². The van der Waals surface area contributed by atoms with Crippen molar-refractivity contribution in [1.29, 1.82) is 0 Å². The van der Waals surface area contributed by atoms with Crippen LogP contribution in [0.15, 0.2) is 255 Å². The average molecular weight is 1860 g/mol. The number of aromatic amines is 4. The molecule has 2 amide bonds. The molecule has 0 radical (unpaired) electrons. The third-order valence-electron chi connectivity index (χ3n) is 27.8. The van der Waals surface area contributed by atoms with Gasteiger partial charge in [-0.25, -0.2) is 24.9 Å². The molecule has 6 N–H and O–H groups in total. The van der Waals surface area contributed by atoms with E-state index in [0.717, 1.165) is 281 Å². The van der Waals surface area contributed by atoms with Gasteiger partial charge in [-0.15, -0.1) is 0 Å². The van der Waals surface area contributed by atoms with Gasteiger partial charge in [-0.05, 0) is 283 Å². The van der Waals surface area contributed by atoms with E-state index in [1.54, 1.807) is 12.1 Å². The molecule has 7 aromatic heterocycles. The van der Waals surface area contributed by atoms with Crippen LogP contribution in [0.5, 0.6) is 5.75 Å². The molecule has 0 atom stereocenters. The van der Waals surface area contributed by atoms with Gasteiger partial charge in [0.2, 0.25) is 0 Å². The smallest absolute Gasteiger partial charge is 0.274 e. The van der Waals surface area contributed by atoms with Crippen LogP contribution in [-0.4, -0.2) is 63.3 Å². The molecule has 0 saturated carbocycles. The van der Waals surface area contributed by atoms with Gasteiger partial charge in [0.05, 0.1) is 52.2 Å². The lowest BCUT2D eigenvalue weighted by Gasteiger charge is -2.12. The number of anilines is 2. The highest BCUT2D eigenvalue weighted by Gasteiger charge is 2.26. The minimum atomic E-state index is -0.526. The van der Waals surface area contributed by atoms with Crippen LogP contribution < -0.4 is 15.4 Å². The number of hydrogen-bond donors (Lipinski definition) is 6. The van der Waals surface area contributed by atoms with Gasteiger partial charge in [0.1, 0.15) is 17.1 Å². The van der Waals surface area contributed by atoms with Crippen LogP contribution in [0.25, 0.3) is 182 Å². The Hall–Kier alpha value is -15.2. The lowest BCUT2D eigenvalue weighted by atomic mass is 10.00. The molecule has 14 heteroatoms. The molecule has 141 heavy (non-hydrogen) atoms. The number of H-pyrrole nitrogens is 4. The molecule has 0 spiro atoms. The fourth-order valence-corrected chi connectivity index (χ4v) is 20.2. The first-order valence-electron chi connectivity index (χ1n) is 51.7. The predicted molar refractivity (Wildman–Crippen MR) is 592 cm³/mol. The molecule has 0 aliphatic carbocycles. The molecule has 0 fully saturated rings. The largest absolute Gasteiger partial charge is 0.494 e. The van der Waals surface area contributed by atoms with Gasteiger partial charge in [-0.2, -0.15) is 0 Å². The van der Waals surface area contributed by atoms with Gasteiger partial charge in [-0.3, -0.25) is 9.59 Å². The number of aryl methyl sites for hydroxylation is 6. The molecule has 8 aromatic carbocycles. The first-order valence-corrected chi connectivity index (χ1v) is 51.7. The van der Waals surface area contributed by atoms with Crippen LogP contribution in [0, 0.1) is 0 Å². The van der Waals surface area contributed by atoms with E-state index in [-0.39, 0.29) is 18.0 Å². The number of carbonyl (C=O) groups excluding carboxylic acids is 2. The number of unbranched alkanes of at least 4 members (excludes halogenated alkanes) is 12. The van der Waals surface area contributed by atoms with E-state index in [1.807, 2.05) is 55.5 Å². The Morgan fingerprint density at radius 2 is 0.404 bits per heavy atom. The normalized spacial score (nSPS) is 12.0. The van der Waals surface area contributed by atoms with Crippen LogP contribution in [0.4, 0.5) is 11.4 Å². The Balaban J connectivity index is 0.669.